The van der Waals surface area contributed by atoms with E-state index in [9.17, 15) is 16.8 Å². The van der Waals surface area contributed by atoms with E-state index in [1.807, 2.05) is 0 Å². The first kappa shape index (κ1) is 12.8. The van der Waals surface area contributed by atoms with Gasteiger partial charge in [0.25, 0.3) is 10.1 Å². The van der Waals surface area contributed by atoms with Crippen LogP contribution in [0.15, 0.2) is 0 Å². The molecule has 0 atom stereocenters. The maximum Gasteiger partial charge on any atom is 0.397 e. The lowest BCUT2D eigenvalue weighted by Gasteiger charge is -2.00. The highest BCUT2D eigenvalue weighted by Gasteiger charge is 2.05. The molecule has 0 aliphatic heterocycles. The standard InChI is InChI=1S/C4H10O7S2/c1-12(5,6)10-3-2-4-11-13(7,8)9/h2-4H2,1H3,(H,7,8,9). The molecule has 0 bridgehead atoms. The Labute approximate surface area is 76.7 Å². The third-order valence-corrected chi connectivity index (χ3v) is 1.88. The molecular formula is C4H10O7S2. The first-order valence-electron chi connectivity index (χ1n) is 3.17. The molecule has 1 N–H and O–H groups in total. The van der Waals surface area contributed by atoms with Crippen LogP contribution in [0.25, 0.3) is 0 Å². The van der Waals surface area contributed by atoms with Crippen LogP contribution >= 0.6 is 0 Å². The van der Waals surface area contributed by atoms with Crippen LogP contribution in [0.4, 0.5) is 0 Å². The van der Waals surface area contributed by atoms with E-state index in [2.05, 4.69) is 8.37 Å². The van der Waals surface area contributed by atoms with Crippen LogP contribution in [0, 0.1) is 0 Å². The summed E-state index contributed by atoms with van der Waals surface area (Å²) in [7, 11) is -7.95. The van der Waals surface area contributed by atoms with Gasteiger partial charge in [-0.2, -0.15) is 16.8 Å². The third kappa shape index (κ3) is 11.8. The molecule has 0 saturated carbocycles. The van der Waals surface area contributed by atoms with Crippen LogP contribution in [-0.4, -0.2) is 40.9 Å². The Morgan fingerprint density at radius 1 is 1.08 bits per heavy atom. The fourth-order valence-corrected chi connectivity index (χ4v) is 1.18. The summed E-state index contributed by atoms with van der Waals surface area (Å²) in [5, 5.41) is 0. The minimum Gasteiger partial charge on any atom is -0.270 e. The third-order valence-electron chi connectivity index (χ3n) is 0.818. The zero-order chi connectivity index (χ0) is 10.5. The van der Waals surface area contributed by atoms with Gasteiger partial charge in [-0.3, -0.25) is 8.74 Å². The van der Waals surface area contributed by atoms with E-state index in [4.69, 9.17) is 4.55 Å². The van der Waals surface area contributed by atoms with E-state index in [-0.39, 0.29) is 19.6 Å². The van der Waals surface area contributed by atoms with E-state index in [1.54, 1.807) is 0 Å². The molecule has 0 unspecified atom stereocenters. The molecule has 0 fully saturated rings. The second-order valence-corrected chi connectivity index (χ2v) is 4.86. The van der Waals surface area contributed by atoms with Gasteiger partial charge in [0.2, 0.25) is 0 Å². The number of hydrogen-bond donors (Lipinski definition) is 1. The van der Waals surface area contributed by atoms with Gasteiger partial charge in [0, 0.05) is 0 Å². The molecule has 0 saturated heterocycles. The van der Waals surface area contributed by atoms with Crippen LogP contribution in [0.5, 0.6) is 0 Å². The molecule has 0 aromatic carbocycles. The van der Waals surface area contributed by atoms with Gasteiger partial charge in [-0.1, -0.05) is 0 Å². The first-order valence-corrected chi connectivity index (χ1v) is 6.35. The van der Waals surface area contributed by atoms with Gasteiger partial charge < -0.3 is 0 Å². The van der Waals surface area contributed by atoms with Crippen molar-refractivity contribution in [3.63, 3.8) is 0 Å². The summed E-state index contributed by atoms with van der Waals surface area (Å²) in [4.78, 5) is 0. The number of hydrogen-bond acceptors (Lipinski definition) is 6. The number of rotatable bonds is 6. The first-order chi connectivity index (χ1) is 5.71. The second-order valence-electron chi connectivity index (χ2n) is 2.13. The highest BCUT2D eigenvalue weighted by atomic mass is 32.3. The maximum atomic E-state index is 10.4. The van der Waals surface area contributed by atoms with Crippen LogP contribution < -0.4 is 0 Å². The molecule has 0 heterocycles. The predicted molar refractivity (Wildman–Crippen MR) is 42.9 cm³/mol. The fourth-order valence-electron chi connectivity index (χ4n) is 0.433. The summed E-state index contributed by atoms with van der Waals surface area (Å²) < 4.78 is 56.9. The Hall–Kier alpha value is -0.220. The smallest absolute Gasteiger partial charge is 0.270 e. The van der Waals surface area contributed by atoms with E-state index in [0.717, 1.165) is 6.26 Å². The molecule has 7 nitrogen and oxygen atoms in total. The van der Waals surface area contributed by atoms with E-state index in [0.29, 0.717) is 0 Å². The highest BCUT2D eigenvalue weighted by molar-refractivity contribution is 7.86. The minimum absolute atomic E-state index is 0.0485. The molecule has 0 aliphatic carbocycles. The van der Waals surface area contributed by atoms with Crippen molar-refractivity contribution in [1.82, 2.24) is 0 Å². The Morgan fingerprint density at radius 2 is 1.54 bits per heavy atom. The van der Waals surface area contributed by atoms with Crippen molar-refractivity contribution in [3.05, 3.63) is 0 Å². The predicted octanol–water partition coefficient (Wildman–Crippen LogP) is -0.828. The van der Waals surface area contributed by atoms with E-state index in [1.165, 1.54) is 0 Å². The summed E-state index contributed by atoms with van der Waals surface area (Å²) in [5.41, 5.74) is 0. The van der Waals surface area contributed by atoms with Gasteiger partial charge in [0.15, 0.2) is 0 Å². The lowest BCUT2D eigenvalue weighted by molar-refractivity contribution is 0.233. The lowest BCUT2D eigenvalue weighted by atomic mass is 10.5. The van der Waals surface area contributed by atoms with Crippen LogP contribution in [0.3, 0.4) is 0 Å². The monoisotopic (exact) mass is 234 g/mol. The summed E-state index contributed by atoms with van der Waals surface area (Å²) in [6.45, 7) is -0.511. The van der Waals surface area contributed by atoms with Gasteiger partial charge in [-0.25, -0.2) is 4.18 Å². The van der Waals surface area contributed by atoms with Gasteiger partial charge in [-0.15, -0.1) is 0 Å². The van der Waals surface area contributed by atoms with Crippen molar-refractivity contribution in [3.8, 4) is 0 Å². The zero-order valence-corrected chi connectivity index (χ0v) is 8.47. The molecule has 0 radical (unpaired) electrons. The lowest BCUT2D eigenvalue weighted by Crippen LogP contribution is -2.09. The van der Waals surface area contributed by atoms with Crippen molar-refractivity contribution >= 4 is 20.5 Å². The van der Waals surface area contributed by atoms with Gasteiger partial charge >= 0.3 is 10.4 Å². The average Bonchev–Trinajstić information content (AvgIpc) is 1.81. The van der Waals surface area contributed by atoms with Crippen LogP contribution in [0.1, 0.15) is 6.42 Å². The van der Waals surface area contributed by atoms with Crippen molar-refractivity contribution in [2.75, 3.05) is 19.5 Å². The Bertz CT molecular complexity index is 292. The molecule has 80 valence electrons. The molecule has 0 spiro atoms. The van der Waals surface area contributed by atoms with Crippen LogP contribution in [0.2, 0.25) is 0 Å². The summed E-state index contributed by atoms with van der Waals surface area (Å²) in [6, 6.07) is 0. The molecule has 0 aromatic rings. The Balaban J connectivity index is 3.50. The zero-order valence-electron chi connectivity index (χ0n) is 6.83. The summed E-state index contributed by atoms with van der Waals surface area (Å²) >= 11 is 0. The molecule has 0 amide bonds. The molecule has 13 heavy (non-hydrogen) atoms. The fraction of sp³-hybridized carbons (Fsp3) is 1.00. The maximum absolute atomic E-state index is 10.4. The average molecular weight is 234 g/mol. The van der Waals surface area contributed by atoms with E-state index >= 15 is 0 Å². The van der Waals surface area contributed by atoms with Crippen molar-refractivity contribution in [2.24, 2.45) is 0 Å². The van der Waals surface area contributed by atoms with Gasteiger partial charge in [0.05, 0.1) is 19.5 Å². The molecule has 0 aromatic heterocycles. The second kappa shape index (κ2) is 4.86. The van der Waals surface area contributed by atoms with Crippen molar-refractivity contribution < 1.29 is 29.8 Å². The summed E-state index contributed by atoms with van der Waals surface area (Å²) in [6.07, 6.45) is 0.920. The molecule has 0 rings (SSSR count). The minimum atomic E-state index is -4.45. The largest absolute Gasteiger partial charge is 0.397 e. The van der Waals surface area contributed by atoms with Crippen molar-refractivity contribution in [2.45, 2.75) is 6.42 Å². The van der Waals surface area contributed by atoms with Gasteiger partial charge in [-0.05, 0) is 6.42 Å². The molecule has 9 heteroatoms. The summed E-state index contributed by atoms with van der Waals surface area (Å²) in [5.74, 6) is 0. The normalized spacial score (nSPS) is 13.1. The Morgan fingerprint density at radius 3 is 1.92 bits per heavy atom. The van der Waals surface area contributed by atoms with E-state index < -0.39 is 20.5 Å². The molecule has 0 aliphatic rings. The SMILES string of the molecule is CS(=O)(=O)OCCCOS(=O)(=O)O. The van der Waals surface area contributed by atoms with Crippen molar-refractivity contribution in [1.29, 1.82) is 0 Å². The Kier molecular flexibility index (Phi) is 4.78. The van der Waals surface area contributed by atoms with Crippen LogP contribution in [-0.2, 0) is 28.9 Å². The highest BCUT2D eigenvalue weighted by Crippen LogP contribution is 1.93. The molecular weight excluding hydrogens is 224 g/mol. The van der Waals surface area contributed by atoms with Gasteiger partial charge in [0.1, 0.15) is 0 Å². The topological polar surface area (TPSA) is 107 Å². The quantitative estimate of drug-likeness (QED) is 0.363.